The van der Waals surface area contributed by atoms with Gasteiger partial charge in [-0.25, -0.2) is 0 Å². The molecule has 0 aliphatic heterocycles. The maximum absolute atomic E-state index is 6.29. The van der Waals surface area contributed by atoms with Crippen molar-refractivity contribution in [3.63, 3.8) is 0 Å². The molecule has 2 aromatic rings. The quantitative estimate of drug-likeness (QED) is 0.926. The summed E-state index contributed by atoms with van der Waals surface area (Å²) in [4.78, 5) is 0. The summed E-state index contributed by atoms with van der Waals surface area (Å²) in [5, 5.41) is 4.18. The first-order valence-electron chi connectivity index (χ1n) is 7.21. The van der Waals surface area contributed by atoms with Crippen molar-refractivity contribution in [2.24, 2.45) is 12.8 Å². The van der Waals surface area contributed by atoms with Gasteiger partial charge in [-0.15, -0.1) is 0 Å². The average molecular weight is 271 g/mol. The van der Waals surface area contributed by atoms with Crippen molar-refractivity contribution in [3.8, 4) is 0 Å². The minimum absolute atomic E-state index is 0.0823. The lowest BCUT2D eigenvalue weighted by molar-refractivity contribution is 0.587. The second-order valence-corrected chi connectivity index (χ2v) is 6.46. The largest absolute Gasteiger partial charge is 0.324 e. The van der Waals surface area contributed by atoms with Crippen LogP contribution in [-0.2, 0) is 18.9 Å². The van der Waals surface area contributed by atoms with Gasteiger partial charge in [-0.1, -0.05) is 45.0 Å². The van der Waals surface area contributed by atoms with Gasteiger partial charge >= 0.3 is 0 Å². The molecule has 0 radical (unpaired) electrons. The molecule has 0 bridgehead atoms. The van der Waals surface area contributed by atoms with Crippen LogP contribution in [0.1, 0.15) is 50.1 Å². The zero-order valence-electron chi connectivity index (χ0n) is 12.9. The van der Waals surface area contributed by atoms with Crippen LogP contribution < -0.4 is 5.73 Å². The molecule has 1 atom stereocenters. The molecule has 1 heterocycles. The van der Waals surface area contributed by atoms with Gasteiger partial charge in [0.05, 0.1) is 0 Å². The number of rotatable bonds is 4. The molecule has 1 unspecified atom stereocenters. The summed E-state index contributed by atoms with van der Waals surface area (Å²) in [5.74, 6) is 0. The maximum Gasteiger partial charge on any atom is 0.0492 e. The van der Waals surface area contributed by atoms with Crippen LogP contribution in [0.15, 0.2) is 36.5 Å². The normalized spacial score (nSPS) is 13.4. The highest BCUT2D eigenvalue weighted by Gasteiger charge is 2.14. The predicted molar refractivity (Wildman–Crippen MR) is 83.6 cm³/mol. The lowest BCUT2D eigenvalue weighted by Gasteiger charge is -2.20. The zero-order chi connectivity index (χ0) is 14.8. The Balaban J connectivity index is 1.99. The third kappa shape index (κ3) is 3.48. The third-order valence-corrected chi connectivity index (χ3v) is 3.84. The monoisotopic (exact) mass is 271 g/mol. The number of nitrogens with zero attached hydrogens (tertiary/aromatic N) is 2. The Morgan fingerprint density at radius 3 is 2.30 bits per heavy atom. The molecule has 0 amide bonds. The number of nitrogens with two attached hydrogens (primary N) is 1. The Bertz CT molecular complexity index is 546. The molecular formula is C17H25N3. The van der Waals surface area contributed by atoms with Crippen molar-refractivity contribution in [1.82, 2.24) is 9.78 Å². The third-order valence-electron chi connectivity index (χ3n) is 3.84. The molecule has 3 nitrogen and oxygen atoms in total. The second kappa shape index (κ2) is 5.80. The zero-order valence-corrected chi connectivity index (χ0v) is 12.9. The van der Waals surface area contributed by atoms with E-state index in [9.17, 15) is 0 Å². The number of aryl methyl sites for hydroxylation is 2. The molecule has 108 valence electrons. The summed E-state index contributed by atoms with van der Waals surface area (Å²) in [7, 11) is 1.97. The first-order valence-corrected chi connectivity index (χ1v) is 7.21. The van der Waals surface area contributed by atoms with E-state index in [1.54, 1.807) is 0 Å². The summed E-state index contributed by atoms with van der Waals surface area (Å²) in [6.07, 6.45) is 3.73. The first-order chi connectivity index (χ1) is 9.38. The Labute approximate surface area is 121 Å². The van der Waals surface area contributed by atoms with E-state index in [2.05, 4.69) is 56.2 Å². The Kier molecular flexibility index (Phi) is 4.29. The van der Waals surface area contributed by atoms with Crippen molar-refractivity contribution < 1.29 is 0 Å². The molecule has 0 saturated heterocycles. The SMILES string of the molecule is Cn1nccc1CCC(N)c1ccc(C(C)(C)C)cc1. The van der Waals surface area contributed by atoms with Crippen molar-refractivity contribution in [2.75, 3.05) is 0 Å². The van der Waals surface area contributed by atoms with Crippen LogP contribution >= 0.6 is 0 Å². The molecule has 0 spiro atoms. The van der Waals surface area contributed by atoms with Crippen molar-refractivity contribution in [3.05, 3.63) is 53.3 Å². The molecule has 20 heavy (non-hydrogen) atoms. The van der Waals surface area contributed by atoms with Gasteiger partial charge in [0.25, 0.3) is 0 Å². The molecule has 0 aliphatic rings. The number of aromatic nitrogens is 2. The highest BCUT2D eigenvalue weighted by molar-refractivity contribution is 5.29. The van der Waals surface area contributed by atoms with E-state index in [1.165, 1.54) is 16.8 Å². The van der Waals surface area contributed by atoms with Crippen LogP contribution in [0, 0.1) is 0 Å². The fraction of sp³-hybridized carbons (Fsp3) is 0.471. The predicted octanol–water partition coefficient (Wildman–Crippen LogP) is 3.35. The maximum atomic E-state index is 6.29. The lowest BCUT2D eigenvalue weighted by Crippen LogP contribution is -2.14. The summed E-state index contributed by atoms with van der Waals surface area (Å²) >= 11 is 0. The molecule has 2 N–H and O–H groups in total. The lowest BCUT2D eigenvalue weighted by atomic mass is 9.86. The fourth-order valence-corrected chi connectivity index (χ4v) is 2.35. The molecule has 3 heteroatoms. The molecule has 0 fully saturated rings. The fourth-order valence-electron chi connectivity index (χ4n) is 2.35. The van der Waals surface area contributed by atoms with Crippen LogP contribution in [0.25, 0.3) is 0 Å². The minimum atomic E-state index is 0.0823. The van der Waals surface area contributed by atoms with E-state index in [4.69, 9.17) is 5.73 Å². The minimum Gasteiger partial charge on any atom is -0.324 e. The van der Waals surface area contributed by atoms with Crippen LogP contribution in [0.2, 0.25) is 0 Å². The van der Waals surface area contributed by atoms with Gasteiger partial charge < -0.3 is 5.73 Å². The van der Waals surface area contributed by atoms with E-state index in [0.717, 1.165) is 12.8 Å². The summed E-state index contributed by atoms with van der Waals surface area (Å²) in [5.41, 5.74) is 10.3. The van der Waals surface area contributed by atoms with Crippen molar-refractivity contribution in [1.29, 1.82) is 0 Å². The molecule has 1 aromatic heterocycles. The van der Waals surface area contributed by atoms with Crippen molar-refractivity contribution in [2.45, 2.75) is 45.1 Å². The van der Waals surface area contributed by atoms with Gasteiger partial charge in [0, 0.05) is 25.0 Å². The average Bonchev–Trinajstić information content (AvgIpc) is 2.81. The molecule has 0 saturated carbocycles. The van der Waals surface area contributed by atoms with Crippen molar-refractivity contribution >= 4 is 0 Å². The Hall–Kier alpha value is -1.61. The van der Waals surface area contributed by atoms with Crippen LogP contribution in [0.5, 0.6) is 0 Å². The van der Waals surface area contributed by atoms with E-state index in [1.807, 2.05) is 17.9 Å². The molecule has 0 aliphatic carbocycles. The van der Waals surface area contributed by atoms with Crippen LogP contribution in [-0.4, -0.2) is 9.78 Å². The summed E-state index contributed by atoms with van der Waals surface area (Å²) in [6, 6.07) is 10.8. The van der Waals surface area contributed by atoms with Crippen LogP contribution in [0.3, 0.4) is 0 Å². The smallest absolute Gasteiger partial charge is 0.0492 e. The van der Waals surface area contributed by atoms with E-state index >= 15 is 0 Å². The highest BCUT2D eigenvalue weighted by atomic mass is 15.2. The van der Waals surface area contributed by atoms with Gasteiger partial charge in [-0.05, 0) is 35.4 Å². The van der Waals surface area contributed by atoms with E-state index < -0.39 is 0 Å². The number of hydrogen-bond acceptors (Lipinski definition) is 2. The van der Waals surface area contributed by atoms with Gasteiger partial charge in [-0.2, -0.15) is 5.10 Å². The molecular weight excluding hydrogens is 246 g/mol. The van der Waals surface area contributed by atoms with E-state index in [-0.39, 0.29) is 11.5 Å². The second-order valence-electron chi connectivity index (χ2n) is 6.46. The van der Waals surface area contributed by atoms with Gasteiger partial charge in [0.15, 0.2) is 0 Å². The van der Waals surface area contributed by atoms with Gasteiger partial charge in [0.2, 0.25) is 0 Å². The number of benzene rings is 1. The first kappa shape index (κ1) is 14.8. The number of hydrogen-bond donors (Lipinski definition) is 1. The summed E-state index contributed by atoms with van der Waals surface area (Å²) in [6.45, 7) is 6.68. The van der Waals surface area contributed by atoms with E-state index in [0.29, 0.717) is 0 Å². The topological polar surface area (TPSA) is 43.8 Å². The Morgan fingerprint density at radius 2 is 1.80 bits per heavy atom. The van der Waals surface area contributed by atoms with Crippen LogP contribution in [0.4, 0.5) is 0 Å². The Morgan fingerprint density at radius 1 is 1.15 bits per heavy atom. The van der Waals surface area contributed by atoms with Gasteiger partial charge in [-0.3, -0.25) is 4.68 Å². The summed E-state index contributed by atoms with van der Waals surface area (Å²) < 4.78 is 1.91. The van der Waals surface area contributed by atoms with Gasteiger partial charge in [0.1, 0.15) is 0 Å². The molecule has 2 rings (SSSR count). The standard InChI is InChI=1S/C17H25N3/c1-17(2,3)14-7-5-13(6-8-14)16(18)10-9-15-11-12-19-20(15)4/h5-8,11-12,16H,9-10,18H2,1-4H3. The molecule has 1 aromatic carbocycles. The highest BCUT2D eigenvalue weighted by Crippen LogP contribution is 2.24.